The number of sulfonamides is 1. The minimum absolute atomic E-state index is 0.0150. The summed E-state index contributed by atoms with van der Waals surface area (Å²) in [6.07, 6.45) is 0.963. The first-order valence-corrected chi connectivity index (χ1v) is 21.4. The van der Waals surface area contributed by atoms with Gasteiger partial charge in [-0.1, -0.05) is 87.5 Å². The first-order chi connectivity index (χ1) is 24.1. The number of rotatable bonds is 18. The molecule has 0 spiro atoms. The Bertz CT molecular complexity index is 1810. The zero-order valence-electron chi connectivity index (χ0n) is 30.7. The van der Waals surface area contributed by atoms with Crippen LogP contribution < -0.4 is 14.2 Å². The van der Waals surface area contributed by atoms with Gasteiger partial charge in [-0.05, 0) is 78.0 Å². The number of nitrogens with zero attached hydrogens (tertiary/aromatic N) is 2. The molecule has 51 heavy (non-hydrogen) atoms. The van der Waals surface area contributed by atoms with Crippen molar-refractivity contribution in [2.75, 3.05) is 27.4 Å². The number of nitro groups is 1. The average molecular weight is 734 g/mol. The third-order valence-electron chi connectivity index (χ3n) is 9.59. The van der Waals surface area contributed by atoms with Gasteiger partial charge in [-0.2, -0.15) is 0 Å². The molecule has 0 unspecified atom stereocenters. The maximum atomic E-state index is 14.0. The summed E-state index contributed by atoms with van der Waals surface area (Å²) in [5, 5.41) is 11.9. The van der Waals surface area contributed by atoms with Gasteiger partial charge >= 0.3 is 0 Å². The lowest BCUT2D eigenvalue weighted by atomic mass is 10.0. The molecule has 2 atom stereocenters. The molecule has 0 bridgehead atoms. The zero-order valence-corrected chi connectivity index (χ0v) is 32.5. The largest absolute Gasteiger partial charge is 0.497 e. The lowest BCUT2D eigenvalue weighted by Crippen LogP contribution is -2.51. The normalized spacial score (nSPS) is 13.5. The third kappa shape index (κ3) is 11.2. The maximum Gasteiger partial charge on any atom is 0.289 e. The van der Waals surface area contributed by atoms with Gasteiger partial charge in [0.05, 0.1) is 19.1 Å². The summed E-state index contributed by atoms with van der Waals surface area (Å²) >= 11 is 0. The SMILES string of the molecule is COc1ccc(C[C@@H](CN(Cc2ccccc2)[C@H](CO[Si](C)(C)C(C)(C)C)Cc2ccc(OC)cc2)NS(=O)(=O)c2ccccc2[N+](=O)[O-])cc1. The molecule has 0 saturated carbocycles. The van der Waals surface area contributed by atoms with E-state index >= 15 is 0 Å². The predicted molar refractivity (Wildman–Crippen MR) is 204 cm³/mol. The van der Waals surface area contributed by atoms with Crippen molar-refractivity contribution in [2.45, 2.75) is 75.3 Å². The molecule has 4 rings (SSSR count). The van der Waals surface area contributed by atoms with E-state index in [4.69, 9.17) is 13.9 Å². The van der Waals surface area contributed by atoms with E-state index < -0.39 is 35.0 Å². The molecule has 0 amide bonds. The van der Waals surface area contributed by atoms with Gasteiger partial charge < -0.3 is 13.9 Å². The van der Waals surface area contributed by atoms with Crippen LogP contribution in [0.15, 0.2) is 108 Å². The third-order valence-corrected chi connectivity index (χ3v) is 15.7. The molecule has 0 aromatic heterocycles. The molecule has 0 fully saturated rings. The molecular formula is C39H51N3O7SSi. The monoisotopic (exact) mass is 733 g/mol. The van der Waals surface area contributed by atoms with Gasteiger partial charge in [0, 0.05) is 37.8 Å². The molecule has 0 radical (unpaired) electrons. The van der Waals surface area contributed by atoms with E-state index in [1.54, 1.807) is 14.2 Å². The van der Waals surface area contributed by atoms with Gasteiger partial charge in [0.2, 0.25) is 10.0 Å². The topological polar surface area (TPSA) is 120 Å². The Labute approximate surface area is 304 Å². The Morgan fingerprint density at radius 1 is 0.784 bits per heavy atom. The number of nitrogens with one attached hydrogen (secondary N) is 1. The molecule has 0 aliphatic carbocycles. The summed E-state index contributed by atoms with van der Waals surface area (Å²) in [5.74, 6) is 1.45. The van der Waals surface area contributed by atoms with Gasteiger partial charge in [-0.25, -0.2) is 13.1 Å². The van der Waals surface area contributed by atoms with Crippen LogP contribution in [0.3, 0.4) is 0 Å². The summed E-state index contributed by atoms with van der Waals surface area (Å²) in [5.41, 5.74) is 2.56. The number of hydrogen-bond acceptors (Lipinski definition) is 8. The Morgan fingerprint density at radius 3 is 1.84 bits per heavy atom. The molecule has 1 N–H and O–H groups in total. The van der Waals surface area contributed by atoms with E-state index in [1.165, 1.54) is 24.3 Å². The quantitative estimate of drug-likeness (QED) is 0.0630. The van der Waals surface area contributed by atoms with E-state index in [0.29, 0.717) is 38.3 Å². The smallest absolute Gasteiger partial charge is 0.289 e. The molecule has 0 aliphatic heterocycles. The van der Waals surface area contributed by atoms with Crippen LogP contribution in [-0.4, -0.2) is 66.0 Å². The van der Waals surface area contributed by atoms with Crippen molar-refractivity contribution >= 4 is 24.0 Å². The second-order valence-corrected chi connectivity index (χ2v) is 20.8. The first-order valence-electron chi connectivity index (χ1n) is 17.1. The van der Waals surface area contributed by atoms with Crippen molar-refractivity contribution < 1.29 is 27.2 Å². The lowest BCUT2D eigenvalue weighted by Gasteiger charge is -2.40. The van der Waals surface area contributed by atoms with E-state index in [0.717, 1.165) is 22.4 Å². The summed E-state index contributed by atoms with van der Waals surface area (Å²) in [6, 6.07) is 30.1. The highest BCUT2D eigenvalue weighted by atomic mass is 32.2. The second kappa shape index (κ2) is 17.4. The van der Waals surface area contributed by atoms with Gasteiger partial charge in [-0.15, -0.1) is 0 Å². The van der Waals surface area contributed by atoms with Crippen molar-refractivity contribution in [3.8, 4) is 11.5 Å². The maximum absolute atomic E-state index is 14.0. The number of para-hydroxylation sites is 1. The minimum Gasteiger partial charge on any atom is -0.497 e. The summed E-state index contributed by atoms with van der Waals surface area (Å²) < 4.78 is 48.5. The number of hydrogen-bond donors (Lipinski definition) is 1. The first kappa shape index (κ1) is 39.7. The number of methoxy groups -OCH3 is 2. The fourth-order valence-electron chi connectivity index (χ4n) is 5.60. The average Bonchev–Trinajstić information content (AvgIpc) is 3.10. The molecule has 274 valence electrons. The van der Waals surface area contributed by atoms with E-state index in [1.807, 2.05) is 66.7 Å². The zero-order chi connectivity index (χ0) is 37.2. The number of ether oxygens (including phenoxy) is 2. The highest BCUT2D eigenvalue weighted by molar-refractivity contribution is 7.89. The molecule has 4 aromatic carbocycles. The molecule has 0 aliphatic rings. The Balaban J connectivity index is 1.79. The van der Waals surface area contributed by atoms with Gasteiger partial charge in [0.25, 0.3) is 5.69 Å². The van der Waals surface area contributed by atoms with Crippen LogP contribution >= 0.6 is 0 Å². The van der Waals surface area contributed by atoms with Crippen molar-refractivity contribution in [3.05, 3.63) is 130 Å². The van der Waals surface area contributed by atoms with E-state index in [2.05, 4.69) is 55.6 Å². The lowest BCUT2D eigenvalue weighted by molar-refractivity contribution is -0.387. The molecule has 0 heterocycles. The molecule has 10 nitrogen and oxygen atoms in total. The predicted octanol–water partition coefficient (Wildman–Crippen LogP) is 7.64. The molecular weight excluding hydrogens is 683 g/mol. The van der Waals surface area contributed by atoms with Crippen LogP contribution in [0.2, 0.25) is 18.1 Å². The fraction of sp³-hybridized carbons (Fsp3) is 0.385. The summed E-state index contributed by atoms with van der Waals surface area (Å²) in [7, 11) is -3.26. The Hall–Kier alpha value is -4.07. The summed E-state index contributed by atoms with van der Waals surface area (Å²) in [6.45, 7) is 12.3. The van der Waals surface area contributed by atoms with Crippen molar-refractivity contribution in [3.63, 3.8) is 0 Å². The van der Waals surface area contributed by atoms with Crippen LogP contribution in [0.5, 0.6) is 11.5 Å². The number of benzene rings is 4. The molecule has 4 aromatic rings. The van der Waals surface area contributed by atoms with Gasteiger partial charge in [-0.3, -0.25) is 15.0 Å². The highest BCUT2D eigenvalue weighted by Gasteiger charge is 2.38. The van der Waals surface area contributed by atoms with Crippen LogP contribution in [0, 0.1) is 10.1 Å². The van der Waals surface area contributed by atoms with Gasteiger partial charge in [0.1, 0.15) is 11.5 Å². The summed E-state index contributed by atoms with van der Waals surface area (Å²) in [4.78, 5) is 13.1. The van der Waals surface area contributed by atoms with Crippen LogP contribution in [-0.2, 0) is 33.8 Å². The van der Waals surface area contributed by atoms with Crippen molar-refractivity contribution in [2.24, 2.45) is 0 Å². The van der Waals surface area contributed by atoms with Crippen molar-refractivity contribution in [1.82, 2.24) is 9.62 Å². The standard InChI is InChI=1S/C39H51N3O7SSi/c1-39(2,3)51(6,7)49-29-34(26-31-19-23-36(48-5)24-20-31)41(27-32-13-9-8-10-14-32)28-33(25-30-17-21-35(47-4)22-18-30)40-50(45,46)38-16-12-11-15-37(38)42(43)44/h8-24,33-34,40H,25-29H2,1-7H3/t33-,34-/m0/s1. The molecule has 0 saturated heterocycles. The fourth-order valence-corrected chi connectivity index (χ4v) is 8.04. The van der Waals surface area contributed by atoms with Gasteiger partial charge in [0.15, 0.2) is 13.2 Å². The second-order valence-electron chi connectivity index (χ2n) is 14.3. The molecule has 12 heteroatoms. The highest BCUT2D eigenvalue weighted by Crippen LogP contribution is 2.37. The van der Waals surface area contributed by atoms with E-state index in [9.17, 15) is 18.5 Å². The Kier molecular flexibility index (Phi) is 13.6. The van der Waals surface area contributed by atoms with Crippen molar-refractivity contribution in [1.29, 1.82) is 0 Å². The van der Waals surface area contributed by atoms with Crippen LogP contribution in [0.4, 0.5) is 5.69 Å². The van der Waals surface area contributed by atoms with Crippen LogP contribution in [0.1, 0.15) is 37.5 Å². The van der Waals surface area contributed by atoms with Crippen LogP contribution in [0.25, 0.3) is 0 Å². The minimum atomic E-state index is -4.32. The van der Waals surface area contributed by atoms with E-state index in [-0.39, 0.29) is 16.0 Å². The number of nitro benzene ring substituents is 1. The Morgan fingerprint density at radius 2 is 1.31 bits per heavy atom.